The zero-order chi connectivity index (χ0) is 28.9. The van der Waals surface area contributed by atoms with Crippen LogP contribution in [0.5, 0.6) is 0 Å². The van der Waals surface area contributed by atoms with E-state index in [1.165, 1.54) is 9.80 Å². The normalized spacial score (nSPS) is 16.5. The molecule has 0 aliphatic carbocycles. The quantitative estimate of drug-likeness (QED) is 0.478. The van der Waals surface area contributed by atoms with E-state index in [-0.39, 0.29) is 18.2 Å². The molecule has 0 bridgehead atoms. The van der Waals surface area contributed by atoms with Crippen LogP contribution >= 0.6 is 0 Å². The second-order valence-electron chi connectivity index (χ2n) is 10.9. The molecule has 3 amide bonds. The molecule has 206 valence electrons. The molecule has 2 aromatic carbocycles. The number of nitrogens with zero attached hydrogens (tertiary/aromatic N) is 2. The van der Waals surface area contributed by atoms with Crippen LogP contribution in [0.15, 0.2) is 66.9 Å². The molecule has 1 aliphatic rings. The molecule has 2 N–H and O–H groups in total. The highest BCUT2D eigenvalue weighted by Crippen LogP contribution is 2.32. The van der Waals surface area contributed by atoms with E-state index in [9.17, 15) is 29.1 Å². The van der Waals surface area contributed by atoms with Crippen LogP contribution in [0.25, 0.3) is 5.70 Å². The molecule has 2 atom stereocenters. The number of carbonyl (C=O) groups is 5. The van der Waals surface area contributed by atoms with Crippen molar-refractivity contribution in [1.82, 2.24) is 15.1 Å². The number of hydrogen-bond donors (Lipinski definition) is 2. The summed E-state index contributed by atoms with van der Waals surface area (Å²) in [6, 6.07) is 15.5. The molecule has 0 saturated heterocycles. The second kappa shape index (κ2) is 12.1. The number of rotatable bonds is 9. The first-order valence-electron chi connectivity index (χ1n) is 12.8. The first kappa shape index (κ1) is 29.3. The maximum absolute atomic E-state index is 13.9. The topological polar surface area (TPSA) is 124 Å². The molecule has 1 heterocycles. The molecule has 9 heteroatoms. The van der Waals surface area contributed by atoms with Crippen molar-refractivity contribution in [2.24, 2.45) is 11.3 Å². The van der Waals surface area contributed by atoms with Crippen LogP contribution in [0.2, 0.25) is 0 Å². The Bertz CT molecular complexity index is 1260. The third kappa shape index (κ3) is 6.98. The van der Waals surface area contributed by atoms with Gasteiger partial charge in [0, 0.05) is 18.0 Å². The minimum absolute atomic E-state index is 0.0183. The number of aliphatic carboxylic acids is 1. The lowest BCUT2D eigenvalue weighted by molar-refractivity contribution is -0.151. The van der Waals surface area contributed by atoms with Crippen LogP contribution in [0.3, 0.4) is 0 Å². The van der Waals surface area contributed by atoms with Gasteiger partial charge < -0.3 is 15.3 Å². The summed E-state index contributed by atoms with van der Waals surface area (Å²) >= 11 is 0. The molecular weight excluding hydrogens is 498 g/mol. The summed E-state index contributed by atoms with van der Waals surface area (Å²) in [7, 11) is 0. The van der Waals surface area contributed by atoms with E-state index in [4.69, 9.17) is 0 Å². The summed E-state index contributed by atoms with van der Waals surface area (Å²) in [5.41, 5.74) is 0.893. The maximum Gasteiger partial charge on any atom is 0.374 e. The number of amides is 3. The number of carboxylic acid groups (broad SMARTS) is 1. The van der Waals surface area contributed by atoms with Crippen molar-refractivity contribution in [3.8, 4) is 0 Å². The molecule has 2 aromatic rings. The molecule has 39 heavy (non-hydrogen) atoms. The van der Waals surface area contributed by atoms with Crippen molar-refractivity contribution in [2.75, 3.05) is 6.54 Å². The SMILES string of the molecule is CC(C)[C@H]1C(=O)N(CC(=O)N[C@@H](Cc2ccccc2)C(=O)C(=O)O)C(c2ccccc2)=CN1C(=O)C(C)(C)C. The van der Waals surface area contributed by atoms with E-state index in [2.05, 4.69) is 5.32 Å². The lowest BCUT2D eigenvalue weighted by Crippen LogP contribution is -2.58. The summed E-state index contributed by atoms with van der Waals surface area (Å²) in [6.07, 6.45) is 1.58. The van der Waals surface area contributed by atoms with Crippen LogP contribution in [0.1, 0.15) is 45.7 Å². The number of hydrogen-bond acceptors (Lipinski definition) is 5. The fraction of sp³-hybridized carbons (Fsp3) is 0.367. The van der Waals surface area contributed by atoms with Gasteiger partial charge in [-0.15, -0.1) is 0 Å². The summed E-state index contributed by atoms with van der Waals surface area (Å²) < 4.78 is 0. The predicted octanol–water partition coefficient (Wildman–Crippen LogP) is 3.11. The molecule has 0 unspecified atom stereocenters. The smallest absolute Gasteiger partial charge is 0.374 e. The van der Waals surface area contributed by atoms with Gasteiger partial charge in [-0.3, -0.25) is 24.1 Å². The van der Waals surface area contributed by atoms with Crippen LogP contribution < -0.4 is 5.32 Å². The molecule has 0 fully saturated rings. The van der Waals surface area contributed by atoms with Crippen LogP contribution in [-0.2, 0) is 30.4 Å². The standard InChI is InChI=1S/C30H35N3O6/c1-19(2)25-27(36)32(23(21-14-10-7-11-15-21)17-33(25)29(39)30(3,4)5)18-24(34)31-22(26(35)28(37)38)16-20-12-8-6-9-13-20/h6-15,17,19,22,25H,16,18H2,1-5H3,(H,31,34)(H,37,38)/t22-,25-/m0/s1. The average molecular weight is 534 g/mol. The Balaban J connectivity index is 1.98. The molecular formula is C30H35N3O6. The van der Waals surface area contributed by atoms with Crippen LogP contribution in [0, 0.1) is 11.3 Å². The number of carbonyl (C=O) groups excluding carboxylic acids is 4. The lowest BCUT2D eigenvalue weighted by Gasteiger charge is -2.43. The Kier molecular flexibility index (Phi) is 9.06. The third-order valence-electron chi connectivity index (χ3n) is 6.39. The van der Waals surface area contributed by atoms with Gasteiger partial charge in [0.1, 0.15) is 18.6 Å². The van der Waals surface area contributed by atoms with Gasteiger partial charge in [-0.25, -0.2) is 4.79 Å². The number of Topliss-reactive ketones (excluding diaryl/α,β-unsaturated/α-hetero) is 1. The molecule has 0 radical (unpaired) electrons. The van der Waals surface area contributed by atoms with Crippen molar-refractivity contribution in [3.63, 3.8) is 0 Å². The molecule has 9 nitrogen and oxygen atoms in total. The monoisotopic (exact) mass is 533 g/mol. The Hall–Kier alpha value is -4.27. The zero-order valence-corrected chi connectivity index (χ0v) is 22.9. The predicted molar refractivity (Wildman–Crippen MR) is 146 cm³/mol. The van der Waals surface area contributed by atoms with Crippen molar-refractivity contribution in [3.05, 3.63) is 78.0 Å². The van der Waals surface area contributed by atoms with Gasteiger partial charge >= 0.3 is 5.97 Å². The molecule has 0 spiro atoms. The summed E-state index contributed by atoms with van der Waals surface area (Å²) in [4.78, 5) is 67.2. The van der Waals surface area contributed by atoms with E-state index in [1.807, 2.05) is 19.9 Å². The van der Waals surface area contributed by atoms with Gasteiger partial charge in [0.2, 0.25) is 11.8 Å². The summed E-state index contributed by atoms with van der Waals surface area (Å²) in [5.74, 6) is -4.45. The number of benzene rings is 2. The largest absolute Gasteiger partial charge is 0.475 e. The average Bonchev–Trinajstić information content (AvgIpc) is 2.88. The number of ketones is 1. The van der Waals surface area contributed by atoms with E-state index in [0.717, 1.165) is 0 Å². The van der Waals surface area contributed by atoms with Gasteiger partial charge in [0.15, 0.2) is 0 Å². The molecule has 0 saturated carbocycles. The van der Waals surface area contributed by atoms with Crippen molar-refractivity contribution in [2.45, 2.75) is 53.1 Å². The maximum atomic E-state index is 13.9. The fourth-order valence-electron chi connectivity index (χ4n) is 4.45. The summed E-state index contributed by atoms with van der Waals surface area (Å²) in [5, 5.41) is 11.8. The third-order valence-corrected chi connectivity index (χ3v) is 6.39. The van der Waals surface area contributed by atoms with Gasteiger partial charge in [-0.2, -0.15) is 0 Å². The first-order chi connectivity index (χ1) is 18.3. The van der Waals surface area contributed by atoms with Crippen molar-refractivity contribution in [1.29, 1.82) is 0 Å². The minimum Gasteiger partial charge on any atom is -0.475 e. The highest BCUT2D eigenvalue weighted by molar-refractivity contribution is 6.35. The number of carboxylic acids is 1. The second-order valence-corrected chi connectivity index (χ2v) is 10.9. The van der Waals surface area contributed by atoms with Crippen molar-refractivity contribution < 1.29 is 29.1 Å². The summed E-state index contributed by atoms with van der Waals surface area (Å²) in [6.45, 7) is 8.52. The lowest BCUT2D eigenvalue weighted by atomic mass is 9.90. The van der Waals surface area contributed by atoms with E-state index in [1.54, 1.807) is 81.6 Å². The Morgan fingerprint density at radius 2 is 1.51 bits per heavy atom. The zero-order valence-electron chi connectivity index (χ0n) is 22.9. The molecule has 3 rings (SSSR count). The van der Waals surface area contributed by atoms with Gasteiger partial charge in [-0.1, -0.05) is 95.3 Å². The minimum atomic E-state index is -1.66. The Labute approximate surface area is 228 Å². The number of nitrogens with one attached hydrogen (secondary N) is 1. The van der Waals surface area contributed by atoms with Gasteiger partial charge in [-0.05, 0) is 17.0 Å². The van der Waals surface area contributed by atoms with E-state index in [0.29, 0.717) is 16.8 Å². The van der Waals surface area contributed by atoms with Gasteiger partial charge in [0.25, 0.3) is 11.7 Å². The fourth-order valence-corrected chi connectivity index (χ4v) is 4.45. The highest BCUT2D eigenvalue weighted by atomic mass is 16.4. The Morgan fingerprint density at radius 3 is 2.03 bits per heavy atom. The van der Waals surface area contributed by atoms with Crippen LogP contribution in [0.4, 0.5) is 0 Å². The highest BCUT2D eigenvalue weighted by Gasteiger charge is 2.43. The molecule has 1 aliphatic heterocycles. The van der Waals surface area contributed by atoms with E-state index >= 15 is 0 Å². The molecule has 0 aromatic heterocycles. The Morgan fingerprint density at radius 1 is 0.949 bits per heavy atom. The first-order valence-corrected chi connectivity index (χ1v) is 12.8. The van der Waals surface area contributed by atoms with Crippen molar-refractivity contribution >= 4 is 35.2 Å². The van der Waals surface area contributed by atoms with Crippen LogP contribution in [-0.4, -0.2) is 63.0 Å². The van der Waals surface area contributed by atoms with E-state index < -0.39 is 47.6 Å². The van der Waals surface area contributed by atoms with Gasteiger partial charge in [0.05, 0.1) is 5.70 Å².